The van der Waals surface area contributed by atoms with E-state index in [-0.39, 0.29) is 43.6 Å². The lowest BCUT2D eigenvalue weighted by molar-refractivity contribution is 0.0667. The van der Waals surface area contributed by atoms with Crippen LogP contribution in [0.5, 0.6) is 11.5 Å². The highest BCUT2D eigenvalue weighted by Crippen LogP contribution is 2.27. The molecule has 1 N–H and O–H groups in total. The van der Waals surface area contributed by atoms with E-state index in [0.717, 1.165) is 11.1 Å². The topological polar surface area (TPSA) is 75.0 Å². The monoisotopic (exact) mass is 503 g/mol. The second-order valence-corrected chi connectivity index (χ2v) is 8.70. The molecular weight excluding hydrogens is 480 g/mol. The second kappa shape index (κ2) is 10.1. The molecule has 1 aromatic heterocycles. The van der Waals surface area contributed by atoms with Gasteiger partial charge in [-0.05, 0) is 41.0 Å². The lowest BCUT2D eigenvalue weighted by Crippen LogP contribution is -2.53. The van der Waals surface area contributed by atoms with Crippen molar-refractivity contribution in [3.8, 4) is 11.5 Å². The van der Waals surface area contributed by atoms with Gasteiger partial charge in [-0.2, -0.15) is 0 Å². The highest BCUT2D eigenvalue weighted by atomic mass is 19.1. The fraction of sp³-hybridized carbons (Fsp3) is 0.143. The Balaban J connectivity index is 1.56. The van der Waals surface area contributed by atoms with Gasteiger partial charge in [0.2, 0.25) is 5.75 Å². The van der Waals surface area contributed by atoms with Gasteiger partial charge < -0.3 is 14.7 Å². The maximum atomic E-state index is 13.7. The molecule has 5 rings (SSSR count). The molecule has 188 valence electrons. The minimum absolute atomic E-state index is 0.00966. The highest BCUT2D eigenvalue weighted by molar-refractivity contribution is 5.96. The van der Waals surface area contributed by atoms with Crippen molar-refractivity contribution in [2.45, 2.75) is 19.7 Å². The number of aromatic nitrogens is 1. The molecule has 0 bridgehead atoms. The largest absolute Gasteiger partial charge is 0.503 e. The number of halogens is 2. The summed E-state index contributed by atoms with van der Waals surface area (Å²) < 4.78 is 34.2. The Hall–Kier alpha value is -4.66. The van der Waals surface area contributed by atoms with Gasteiger partial charge in [-0.3, -0.25) is 19.3 Å². The fourth-order valence-electron chi connectivity index (χ4n) is 4.19. The van der Waals surface area contributed by atoms with Gasteiger partial charge in [-0.1, -0.05) is 54.6 Å². The van der Waals surface area contributed by atoms with E-state index < -0.39 is 22.9 Å². The molecule has 0 fully saturated rings. The summed E-state index contributed by atoms with van der Waals surface area (Å²) in [6.07, 6.45) is 1.18. The molecule has 3 aromatic carbocycles. The van der Waals surface area contributed by atoms with Crippen LogP contribution in [0, 0.1) is 11.6 Å². The predicted octanol–water partition coefficient (Wildman–Crippen LogP) is 4.16. The van der Waals surface area contributed by atoms with Crippen LogP contribution in [0.25, 0.3) is 0 Å². The third-order valence-electron chi connectivity index (χ3n) is 6.05. The van der Waals surface area contributed by atoms with Crippen molar-refractivity contribution in [1.82, 2.24) is 9.58 Å². The number of benzene rings is 3. The lowest BCUT2D eigenvalue weighted by Gasteiger charge is -2.40. The molecular formula is C28H23F2N3O4. The number of carbonyl (C=O) groups excluding carboxylic acids is 1. The van der Waals surface area contributed by atoms with Crippen molar-refractivity contribution in [1.29, 1.82) is 0 Å². The normalized spacial score (nSPS) is 13.0. The van der Waals surface area contributed by atoms with Gasteiger partial charge in [-0.15, -0.1) is 0 Å². The molecule has 1 aliphatic rings. The number of carbonyl (C=O) groups is 1. The number of fused-ring (bicyclic) bond motifs is 1. The summed E-state index contributed by atoms with van der Waals surface area (Å²) in [5.41, 5.74) is 1.36. The molecule has 0 radical (unpaired) electrons. The SMILES string of the molecule is O=C1c2c(OCc3ccccc3)c(=O)c(O)cn2N(Cc2ccc(F)cc2)CN1Cc1ccc(F)cc1. The van der Waals surface area contributed by atoms with E-state index in [1.165, 1.54) is 40.0 Å². The van der Waals surface area contributed by atoms with Crippen LogP contribution in [0.1, 0.15) is 27.2 Å². The molecule has 0 atom stereocenters. The van der Waals surface area contributed by atoms with Crippen molar-refractivity contribution < 1.29 is 23.4 Å². The van der Waals surface area contributed by atoms with Crippen LogP contribution in [-0.4, -0.2) is 27.3 Å². The van der Waals surface area contributed by atoms with Crippen molar-refractivity contribution in [3.05, 3.63) is 129 Å². The number of hydrogen-bond acceptors (Lipinski definition) is 5. The van der Waals surface area contributed by atoms with E-state index in [9.17, 15) is 23.5 Å². The molecule has 4 aromatic rings. The zero-order chi connectivity index (χ0) is 25.9. The third-order valence-corrected chi connectivity index (χ3v) is 6.05. The van der Waals surface area contributed by atoms with Crippen molar-refractivity contribution in [2.24, 2.45) is 0 Å². The summed E-state index contributed by atoms with van der Waals surface area (Å²) in [7, 11) is 0. The van der Waals surface area contributed by atoms with Crippen LogP contribution in [-0.2, 0) is 19.7 Å². The molecule has 2 heterocycles. The van der Waals surface area contributed by atoms with Crippen LogP contribution in [0.2, 0.25) is 0 Å². The van der Waals surface area contributed by atoms with Crippen LogP contribution in [0.15, 0.2) is 89.9 Å². The summed E-state index contributed by atoms with van der Waals surface area (Å²) in [6.45, 7) is 0.476. The van der Waals surface area contributed by atoms with Gasteiger partial charge in [0.25, 0.3) is 11.3 Å². The maximum absolute atomic E-state index is 13.7. The van der Waals surface area contributed by atoms with Crippen LogP contribution < -0.4 is 15.2 Å². The first kappa shape index (κ1) is 24.1. The Bertz CT molecular complexity index is 1470. The third kappa shape index (κ3) is 5.16. The van der Waals surface area contributed by atoms with E-state index in [1.54, 1.807) is 29.3 Å². The Kier molecular flexibility index (Phi) is 6.59. The molecule has 1 aliphatic heterocycles. The second-order valence-electron chi connectivity index (χ2n) is 8.70. The summed E-state index contributed by atoms with van der Waals surface area (Å²) in [4.78, 5) is 28.1. The van der Waals surface area contributed by atoms with Crippen LogP contribution in [0.4, 0.5) is 8.78 Å². The van der Waals surface area contributed by atoms with E-state index in [4.69, 9.17) is 4.74 Å². The first-order valence-corrected chi connectivity index (χ1v) is 11.6. The standard InChI is InChI=1S/C28H23F2N3O4/c29-22-10-6-19(7-11-22)14-31-18-32(15-20-8-12-23(30)13-9-20)33-16-24(34)26(35)27(25(33)28(31)36)37-17-21-4-2-1-3-5-21/h1-13,16,34H,14-15,17-18H2. The van der Waals surface area contributed by atoms with E-state index in [2.05, 4.69) is 0 Å². The molecule has 1 amide bonds. The zero-order valence-corrected chi connectivity index (χ0v) is 19.7. The fourth-order valence-corrected chi connectivity index (χ4v) is 4.19. The molecule has 9 heteroatoms. The quantitative estimate of drug-likeness (QED) is 0.410. The first-order valence-electron chi connectivity index (χ1n) is 11.6. The molecule has 0 aliphatic carbocycles. The number of pyridine rings is 1. The molecule has 0 unspecified atom stereocenters. The summed E-state index contributed by atoms with van der Waals surface area (Å²) in [5, 5.41) is 12.2. The Morgan fingerprint density at radius 3 is 2.00 bits per heavy atom. The van der Waals surface area contributed by atoms with Gasteiger partial charge >= 0.3 is 0 Å². The zero-order valence-electron chi connectivity index (χ0n) is 19.7. The molecule has 0 saturated heterocycles. The van der Waals surface area contributed by atoms with Gasteiger partial charge in [0.05, 0.1) is 12.7 Å². The van der Waals surface area contributed by atoms with Gasteiger partial charge in [-0.25, -0.2) is 8.78 Å². The Labute approximate surface area is 211 Å². The number of nitrogens with zero attached hydrogens (tertiary/aromatic N) is 3. The minimum atomic E-state index is -0.805. The predicted molar refractivity (Wildman–Crippen MR) is 133 cm³/mol. The Morgan fingerprint density at radius 1 is 0.784 bits per heavy atom. The van der Waals surface area contributed by atoms with E-state index >= 15 is 0 Å². The summed E-state index contributed by atoms with van der Waals surface area (Å²) in [6, 6.07) is 20.8. The highest BCUT2D eigenvalue weighted by Gasteiger charge is 2.34. The molecule has 37 heavy (non-hydrogen) atoms. The lowest BCUT2D eigenvalue weighted by atomic mass is 10.1. The van der Waals surface area contributed by atoms with E-state index in [0.29, 0.717) is 5.56 Å². The Morgan fingerprint density at radius 2 is 1.38 bits per heavy atom. The van der Waals surface area contributed by atoms with Crippen LogP contribution >= 0.6 is 0 Å². The first-order chi connectivity index (χ1) is 17.9. The number of aromatic hydroxyl groups is 1. The maximum Gasteiger partial charge on any atom is 0.278 e. The minimum Gasteiger partial charge on any atom is -0.503 e. The van der Waals surface area contributed by atoms with Gasteiger partial charge in [0, 0.05) is 6.54 Å². The average Bonchev–Trinajstić information content (AvgIpc) is 2.90. The van der Waals surface area contributed by atoms with E-state index in [1.807, 2.05) is 30.3 Å². The molecule has 0 saturated carbocycles. The number of ether oxygens (including phenoxy) is 1. The summed E-state index contributed by atoms with van der Waals surface area (Å²) in [5.74, 6) is -2.11. The molecule has 0 spiro atoms. The number of amides is 1. The van der Waals surface area contributed by atoms with Gasteiger partial charge in [0.15, 0.2) is 11.4 Å². The molecule has 7 nitrogen and oxygen atoms in total. The van der Waals surface area contributed by atoms with Crippen LogP contribution in [0.3, 0.4) is 0 Å². The smallest absolute Gasteiger partial charge is 0.278 e. The number of rotatable bonds is 7. The number of hydrogen-bond donors (Lipinski definition) is 1. The van der Waals surface area contributed by atoms with Crippen molar-refractivity contribution >= 4 is 5.91 Å². The van der Waals surface area contributed by atoms with Crippen molar-refractivity contribution in [2.75, 3.05) is 11.7 Å². The van der Waals surface area contributed by atoms with Gasteiger partial charge in [0.1, 0.15) is 24.9 Å². The van der Waals surface area contributed by atoms with Crippen molar-refractivity contribution in [3.63, 3.8) is 0 Å². The average molecular weight is 504 g/mol. The summed E-state index contributed by atoms with van der Waals surface area (Å²) >= 11 is 0.